The second-order valence-electron chi connectivity index (χ2n) is 6.26. The fourth-order valence-corrected chi connectivity index (χ4v) is 3.94. The van der Waals surface area contributed by atoms with Gasteiger partial charge < -0.3 is 10.5 Å². The van der Waals surface area contributed by atoms with E-state index < -0.39 is 15.8 Å². The molecule has 11 heteroatoms. The highest BCUT2D eigenvalue weighted by molar-refractivity contribution is 7.90. The maximum absolute atomic E-state index is 11.8. The summed E-state index contributed by atoms with van der Waals surface area (Å²) in [5.74, 6) is -0.417. The number of carbonyl (C=O) groups is 1. The predicted octanol–water partition coefficient (Wildman–Crippen LogP) is 3.40. The molecule has 0 aliphatic heterocycles. The molecule has 160 valence electrons. The van der Waals surface area contributed by atoms with Gasteiger partial charge in [0.15, 0.2) is 20.7 Å². The third-order valence-electron chi connectivity index (χ3n) is 3.97. The number of rotatable bonds is 6. The molecule has 3 rings (SSSR count). The van der Waals surface area contributed by atoms with Gasteiger partial charge in [-0.3, -0.25) is 0 Å². The van der Waals surface area contributed by atoms with Gasteiger partial charge >= 0.3 is 5.97 Å². The molecular formula is C20H17ClN4O4S2. The molecule has 2 aromatic carbocycles. The summed E-state index contributed by atoms with van der Waals surface area (Å²) in [5.41, 5.74) is 6.85. The number of nitrogens with two attached hydrogens (primary N) is 1. The van der Waals surface area contributed by atoms with Crippen LogP contribution in [-0.4, -0.2) is 42.8 Å². The molecule has 0 saturated carbocycles. The highest BCUT2D eigenvalue weighted by Crippen LogP contribution is 2.27. The smallest absolute Gasteiger partial charge is 0.353 e. The Morgan fingerprint density at radius 3 is 2.65 bits per heavy atom. The number of nitrogens with zero attached hydrogens (tertiary/aromatic N) is 3. The molecule has 0 unspecified atom stereocenters. The van der Waals surface area contributed by atoms with Crippen molar-refractivity contribution in [1.29, 1.82) is 0 Å². The molecule has 0 fully saturated rings. The summed E-state index contributed by atoms with van der Waals surface area (Å²) in [6.45, 7) is 0. The molecule has 0 aliphatic carbocycles. The van der Waals surface area contributed by atoms with E-state index in [-0.39, 0.29) is 16.3 Å². The number of benzene rings is 2. The second kappa shape index (κ2) is 9.38. The molecule has 0 atom stereocenters. The Kier molecular flexibility index (Phi) is 6.84. The van der Waals surface area contributed by atoms with Crippen molar-refractivity contribution in [2.75, 3.05) is 13.4 Å². The van der Waals surface area contributed by atoms with Crippen LogP contribution in [0.25, 0.3) is 11.4 Å². The summed E-state index contributed by atoms with van der Waals surface area (Å²) >= 11 is 7.22. The summed E-state index contributed by atoms with van der Waals surface area (Å²) in [4.78, 5) is 20.9. The van der Waals surface area contributed by atoms with E-state index in [0.29, 0.717) is 27.1 Å². The van der Waals surface area contributed by atoms with Crippen molar-refractivity contribution in [1.82, 2.24) is 9.36 Å². The molecule has 0 aliphatic rings. The van der Waals surface area contributed by atoms with Gasteiger partial charge in [-0.2, -0.15) is 4.37 Å². The van der Waals surface area contributed by atoms with Gasteiger partial charge in [0.25, 0.3) is 0 Å². The van der Waals surface area contributed by atoms with Crippen LogP contribution in [0.15, 0.2) is 70.2 Å². The number of halogens is 1. The van der Waals surface area contributed by atoms with Crippen LogP contribution in [0, 0.1) is 0 Å². The van der Waals surface area contributed by atoms with Crippen LogP contribution in [-0.2, 0) is 19.4 Å². The van der Waals surface area contributed by atoms with Gasteiger partial charge in [-0.1, -0.05) is 35.9 Å². The number of sulfone groups is 1. The molecule has 0 spiro atoms. The number of ether oxygens (including phenoxy) is 1. The zero-order valence-electron chi connectivity index (χ0n) is 16.4. The first kappa shape index (κ1) is 22.6. The molecular weight excluding hydrogens is 460 g/mol. The van der Waals surface area contributed by atoms with E-state index in [2.05, 4.69) is 19.1 Å². The van der Waals surface area contributed by atoms with E-state index in [1.165, 1.54) is 25.3 Å². The third-order valence-corrected chi connectivity index (χ3v) is 6.14. The topological polar surface area (TPSA) is 125 Å². The zero-order chi connectivity index (χ0) is 22.6. The molecule has 1 heterocycles. The van der Waals surface area contributed by atoms with Gasteiger partial charge in [-0.15, -0.1) is 0 Å². The first-order valence-electron chi connectivity index (χ1n) is 8.72. The lowest BCUT2D eigenvalue weighted by Crippen LogP contribution is -2.15. The van der Waals surface area contributed by atoms with Crippen molar-refractivity contribution in [3.63, 3.8) is 0 Å². The van der Waals surface area contributed by atoms with Crippen molar-refractivity contribution < 1.29 is 17.9 Å². The summed E-state index contributed by atoms with van der Waals surface area (Å²) in [6.07, 6.45) is 2.45. The average molecular weight is 477 g/mol. The van der Waals surface area contributed by atoms with E-state index in [0.717, 1.165) is 17.8 Å². The summed E-state index contributed by atoms with van der Waals surface area (Å²) in [5, 5.41) is 0.752. The SMILES string of the molecule is COC(=O)/C(N)=C/C(=Nc1ccccc1Cl)c1nc(-c2cccc(S(C)(=O)=O)c2)ns1. The molecule has 31 heavy (non-hydrogen) atoms. The number of aromatic nitrogens is 2. The molecule has 0 bridgehead atoms. The van der Waals surface area contributed by atoms with Gasteiger partial charge in [-0.25, -0.2) is 23.2 Å². The van der Waals surface area contributed by atoms with E-state index >= 15 is 0 Å². The highest BCUT2D eigenvalue weighted by atomic mass is 35.5. The number of hydrogen-bond donors (Lipinski definition) is 1. The standard InChI is InChI=1S/C20H17ClN4O4S2/c1-29-20(26)15(22)11-17(23-16-9-4-3-8-14(16)21)19-24-18(25-30-19)12-6-5-7-13(10-12)31(2,27)28/h3-11H,22H2,1-2H3/b15-11-,23-17?. The fraction of sp³-hybridized carbons (Fsp3) is 0.100. The molecule has 0 radical (unpaired) electrons. The van der Waals surface area contributed by atoms with E-state index in [1.54, 1.807) is 36.4 Å². The largest absolute Gasteiger partial charge is 0.464 e. The Labute approximate surface area is 188 Å². The Morgan fingerprint density at radius 1 is 1.23 bits per heavy atom. The average Bonchev–Trinajstić information content (AvgIpc) is 3.24. The second-order valence-corrected chi connectivity index (χ2v) is 9.44. The minimum atomic E-state index is -3.38. The van der Waals surface area contributed by atoms with E-state index in [1.807, 2.05) is 0 Å². The number of allylic oxidation sites excluding steroid dienone is 1. The van der Waals surface area contributed by atoms with Crippen LogP contribution in [0.3, 0.4) is 0 Å². The number of carbonyl (C=O) groups excluding carboxylic acids is 1. The quantitative estimate of drug-likeness (QED) is 0.328. The number of para-hydroxylation sites is 1. The Morgan fingerprint density at radius 2 is 1.97 bits per heavy atom. The van der Waals surface area contributed by atoms with Crippen molar-refractivity contribution in [2.45, 2.75) is 4.90 Å². The van der Waals surface area contributed by atoms with E-state index in [9.17, 15) is 13.2 Å². The van der Waals surface area contributed by atoms with Crippen LogP contribution in [0.2, 0.25) is 5.02 Å². The third kappa shape index (κ3) is 5.54. The Hall–Kier alpha value is -3.08. The van der Waals surface area contributed by atoms with Crippen LogP contribution >= 0.6 is 23.1 Å². The summed E-state index contributed by atoms with van der Waals surface area (Å²) < 4.78 is 32.6. The molecule has 8 nitrogen and oxygen atoms in total. The number of hydrogen-bond acceptors (Lipinski definition) is 9. The van der Waals surface area contributed by atoms with Crippen molar-refractivity contribution in [2.24, 2.45) is 10.7 Å². The van der Waals surface area contributed by atoms with Gasteiger partial charge in [0.1, 0.15) is 11.4 Å². The van der Waals surface area contributed by atoms with Crippen molar-refractivity contribution >= 4 is 50.3 Å². The van der Waals surface area contributed by atoms with Crippen LogP contribution in [0.4, 0.5) is 5.69 Å². The summed E-state index contributed by atoms with van der Waals surface area (Å²) in [6, 6.07) is 13.2. The van der Waals surface area contributed by atoms with Gasteiger partial charge in [0.2, 0.25) is 0 Å². The maximum atomic E-state index is 11.8. The van der Waals surface area contributed by atoms with Crippen LogP contribution in [0.1, 0.15) is 5.01 Å². The first-order chi connectivity index (χ1) is 14.7. The minimum absolute atomic E-state index is 0.154. The molecule has 0 amide bonds. The maximum Gasteiger partial charge on any atom is 0.353 e. The zero-order valence-corrected chi connectivity index (χ0v) is 18.8. The lowest BCUT2D eigenvalue weighted by atomic mass is 10.2. The molecule has 2 N–H and O–H groups in total. The lowest BCUT2D eigenvalue weighted by Gasteiger charge is -2.03. The molecule has 3 aromatic rings. The van der Waals surface area contributed by atoms with Crippen LogP contribution in [0.5, 0.6) is 0 Å². The van der Waals surface area contributed by atoms with Crippen molar-refractivity contribution in [3.05, 3.63) is 70.3 Å². The molecule has 1 aromatic heterocycles. The predicted molar refractivity (Wildman–Crippen MR) is 120 cm³/mol. The Bertz CT molecular complexity index is 1300. The minimum Gasteiger partial charge on any atom is -0.464 e. The van der Waals surface area contributed by atoms with Crippen LogP contribution < -0.4 is 5.73 Å². The first-order valence-corrected chi connectivity index (χ1v) is 11.8. The number of esters is 1. The molecule has 0 saturated heterocycles. The van der Waals surface area contributed by atoms with Gasteiger partial charge in [0.05, 0.1) is 22.7 Å². The normalized spacial score (nSPS) is 12.6. The van der Waals surface area contributed by atoms with Gasteiger partial charge in [-0.05, 0) is 41.9 Å². The Balaban J connectivity index is 2.09. The number of methoxy groups -OCH3 is 1. The fourth-order valence-electron chi connectivity index (χ4n) is 2.45. The highest BCUT2D eigenvalue weighted by Gasteiger charge is 2.16. The van der Waals surface area contributed by atoms with Crippen molar-refractivity contribution in [3.8, 4) is 11.4 Å². The number of aliphatic imine (C=N–C) groups is 1. The lowest BCUT2D eigenvalue weighted by molar-refractivity contribution is -0.136. The van der Waals surface area contributed by atoms with Gasteiger partial charge in [0, 0.05) is 11.8 Å². The summed E-state index contributed by atoms with van der Waals surface area (Å²) in [7, 11) is -2.17. The van der Waals surface area contributed by atoms with E-state index in [4.69, 9.17) is 17.3 Å². The monoisotopic (exact) mass is 476 g/mol.